The Morgan fingerprint density at radius 1 is 1.35 bits per heavy atom. The van der Waals surface area contributed by atoms with Crippen LogP contribution >= 0.6 is 27.3 Å². The predicted molar refractivity (Wildman–Crippen MR) is 89.2 cm³/mol. The second-order valence-corrected chi connectivity index (χ2v) is 7.18. The second-order valence-electron chi connectivity index (χ2n) is 5.24. The molecule has 0 radical (unpaired) electrons. The highest BCUT2D eigenvalue weighted by Crippen LogP contribution is 2.38. The molecule has 106 valence electrons. The van der Waals surface area contributed by atoms with E-state index in [1.807, 2.05) is 11.3 Å². The number of hydrogen-bond acceptors (Lipinski definition) is 3. The Kier molecular flexibility index (Phi) is 4.54. The lowest BCUT2D eigenvalue weighted by molar-refractivity contribution is 0.465. The molecule has 2 nitrogen and oxygen atoms in total. The molecule has 2 aromatic rings. The van der Waals surface area contributed by atoms with Crippen LogP contribution in [0.2, 0.25) is 0 Å². The van der Waals surface area contributed by atoms with Gasteiger partial charge in [0.05, 0.1) is 5.69 Å². The quantitative estimate of drug-likeness (QED) is 0.843. The number of thiazole rings is 1. The number of fused-ring (bicyclic) bond motifs is 1. The van der Waals surface area contributed by atoms with Crippen LogP contribution in [0.3, 0.4) is 0 Å². The van der Waals surface area contributed by atoms with Crippen LogP contribution in [0.5, 0.6) is 0 Å². The molecule has 0 saturated carbocycles. The molecule has 1 aromatic carbocycles. The van der Waals surface area contributed by atoms with Crippen LogP contribution in [-0.2, 0) is 6.42 Å². The predicted octanol–water partition coefficient (Wildman–Crippen LogP) is 4.95. The molecular formula is C16H19BrN2S. The zero-order valence-corrected chi connectivity index (χ0v) is 14.1. The normalized spacial score (nSPS) is 18.0. The van der Waals surface area contributed by atoms with Crippen molar-refractivity contribution in [3.63, 3.8) is 0 Å². The van der Waals surface area contributed by atoms with Crippen LogP contribution in [0.4, 0.5) is 0 Å². The Morgan fingerprint density at radius 3 is 2.90 bits per heavy atom. The molecule has 1 heterocycles. The summed E-state index contributed by atoms with van der Waals surface area (Å²) in [4.78, 5) is 6.33. The van der Waals surface area contributed by atoms with Gasteiger partial charge in [-0.2, -0.15) is 0 Å². The van der Waals surface area contributed by atoms with Crippen LogP contribution in [0.15, 0.2) is 28.7 Å². The van der Waals surface area contributed by atoms with Gasteiger partial charge >= 0.3 is 0 Å². The Balaban J connectivity index is 1.88. The van der Waals surface area contributed by atoms with E-state index in [9.17, 15) is 0 Å². The highest BCUT2D eigenvalue weighted by molar-refractivity contribution is 9.10. The molecule has 0 bridgehead atoms. The fourth-order valence-electron chi connectivity index (χ4n) is 2.65. The fourth-order valence-corrected chi connectivity index (χ4v) is 4.14. The van der Waals surface area contributed by atoms with E-state index in [4.69, 9.17) is 4.98 Å². The second kappa shape index (κ2) is 6.37. The highest BCUT2D eigenvalue weighted by Gasteiger charge is 2.24. The van der Waals surface area contributed by atoms with Crippen LogP contribution in [0.25, 0.3) is 10.6 Å². The monoisotopic (exact) mass is 350 g/mol. The van der Waals surface area contributed by atoms with Gasteiger partial charge in [-0.25, -0.2) is 4.98 Å². The minimum atomic E-state index is 0.514. The van der Waals surface area contributed by atoms with E-state index >= 15 is 0 Å². The van der Waals surface area contributed by atoms with Crippen LogP contribution < -0.4 is 5.32 Å². The first-order valence-corrected chi connectivity index (χ1v) is 8.88. The van der Waals surface area contributed by atoms with Crippen molar-refractivity contribution in [1.82, 2.24) is 10.3 Å². The Bertz CT molecular complexity index is 577. The largest absolute Gasteiger partial charge is 0.309 e. The molecule has 0 saturated heterocycles. The van der Waals surface area contributed by atoms with E-state index < -0.39 is 0 Å². The van der Waals surface area contributed by atoms with Gasteiger partial charge in [0, 0.05) is 21.0 Å². The molecule has 1 aliphatic carbocycles. The first-order chi connectivity index (χ1) is 9.78. The molecule has 1 atom stereocenters. The molecule has 0 spiro atoms. The van der Waals surface area contributed by atoms with Gasteiger partial charge in [0.15, 0.2) is 0 Å². The van der Waals surface area contributed by atoms with Crippen molar-refractivity contribution in [2.45, 2.75) is 38.6 Å². The molecule has 1 N–H and O–H groups in total. The molecular weight excluding hydrogens is 332 g/mol. The number of halogens is 1. The van der Waals surface area contributed by atoms with Gasteiger partial charge in [0.1, 0.15) is 5.01 Å². The van der Waals surface area contributed by atoms with Gasteiger partial charge in [-0.15, -0.1) is 11.3 Å². The number of aromatic nitrogens is 1. The van der Waals surface area contributed by atoms with E-state index in [1.54, 1.807) is 0 Å². The van der Waals surface area contributed by atoms with Gasteiger partial charge in [0.2, 0.25) is 0 Å². The first-order valence-electron chi connectivity index (χ1n) is 7.27. The summed E-state index contributed by atoms with van der Waals surface area (Å²) >= 11 is 5.35. The molecule has 1 unspecified atom stereocenters. The standard InChI is InChI=1S/C16H19BrN2S/c1-2-10-18-13-4-3-5-14-15(13)20-16(19-14)11-6-8-12(17)9-7-11/h6-9,13,18H,2-5,10H2,1H3. The Labute approximate surface area is 132 Å². The van der Waals surface area contributed by atoms with E-state index in [-0.39, 0.29) is 0 Å². The smallest absolute Gasteiger partial charge is 0.123 e. The van der Waals surface area contributed by atoms with Crippen molar-refractivity contribution in [1.29, 1.82) is 0 Å². The fraction of sp³-hybridized carbons (Fsp3) is 0.438. The number of benzene rings is 1. The number of hydrogen-bond donors (Lipinski definition) is 1. The van der Waals surface area contributed by atoms with Crippen molar-refractivity contribution in [3.8, 4) is 10.6 Å². The molecule has 0 aliphatic heterocycles. The summed E-state index contributed by atoms with van der Waals surface area (Å²) in [5.41, 5.74) is 2.54. The third kappa shape index (κ3) is 2.97. The Morgan fingerprint density at radius 2 is 2.15 bits per heavy atom. The van der Waals surface area contributed by atoms with Crippen molar-refractivity contribution >= 4 is 27.3 Å². The minimum Gasteiger partial charge on any atom is -0.309 e. The summed E-state index contributed by atoms with van der Waals surface area (Å²) < 4.78 is 1.12. The molecule has 20 heavy (non-hydrogen) atoms. The molecule has 0 amide bonds. The average molecular weight is 351 g/mol. The Hall–Kier alpha value is -0.710. The molecule has 1 aromatic heterocycles. The summed E-state index contributed by atoms with van der Waals surface area (Å²) in [6.07, 6.45) is 4.81. The number of aryl methyl sites for hydroxylation is 1. The van der Waals surface area contributed by atoms with Crippen LogP contribution in [0, 0.1) is 0 Å². The van der Waals surface area contributed by atoms with Gasteiger partial charge in [-0.05, 0) is 44.4 Å². The van der Waals surface area contributed by atoms with Crippen LogP contribution in [-0.4, -0.2) is 11.5 Å². The molecule has 3 rings (SSSR count). The van der Waals surface area contributed by atoms with Gasteiger partial charge in [-0.1, -0.05) is 35.0 Å². The lowest BCUT2D eigenvalue weighted by Crippen LogP contribution is -2.24. The maximum absolute atomic E-state index is 4.87. The summed E-state index contributed by atoms with van der Waals surface area (Å²) in [6, 6.07) is 8.97. The summed E-state index contributed by atoms with van der Waals surface area (Å²) in [5, 5.41) is 4.82. The zero-order chi connectivity index (χ0) is 13.9. The van der Waals surface area contributed by atoms with E-state index in [0.717, 1.165) is 22.4 Å². The molecule has 0 fully saturated rings. The SMILES string of the molecule is CCCNC1CCCc2nc(-c3ccc(Br)cc3)sc21. The van der Waals surface area contributed by atoms with E-state index in [0.29, 0.717) is 6.04 Å². The highest BCUT2D eigenvalue weighted by atomic mass is 79.9. The van der Waals surface area contributed by atoms with E-state index in [1.165, 1.54) is 35.4 Å². The molecule has 4 heteroatoms. The summed E-state index contributed by atoms with van der Waals surface area (Å²) in [6.45, 7) is 3.31. The third-order valence-electron chi connectivity index (χ3n) is 3.68. The van der Waals surface area contributed by atoms with Crippen molar-refractivity contribution in [2.75, 3.05) is 6.54 Å². The first kappa shape index (κ1) is 14.2. The van der Waals surface area contributed by atoms with E-state index in [2.05, 4.69) is 52.4 Å². The third-order valence-corrected chi connectivity index (χ3v) is 5.47. The van der Waals surface area contributed by atoms with Crippen LogP contribution in [0.1, 0.15) is 42.8 Å². The zero-order valence-electron chi connectivity index (χ0n) is 11.7. The minimum absolute atomic E-state index is 0.514. The van der Waals surface area contributed by atoms with Crippen molar-refractivity contribution in [3.05, 3.63) is 39.3 Å². The number of rotatable bonds is 4. The van der Waals surface area contributed by atoms with Gasteiger partial charge in [0.25, 0.3) is 0 Å². The number of nitrogens with zero attached hydrogens (tertiary/aromatic N) is 1. The number of nitrogens with one attached hydrogen (secondary N) is 1. The van der Waals surface area contributed by atoms with Crippen molar-refractivity contribution in [2.24, 2.45) is 0 Å². The summed E-state index contributed by atoms with van der Waals surface area (Å²) in [7, 11) is 0. The molecule has 1 aliphatic rings. The van der Waals surface area contributed by atoms with Gasteiger partial charge < -0.3 is 5.32 Å². The lowest BCUT2D eigenvalue weighted by Gasteiger charge is -2.22. The lowest BCUT2D eigenvalue weighted by atomic mass is 9.98. The maximum atomic E-state index is 4.87. The average Bonchev–Trinajstić information content (AvgIpc) is 2.90. The maximum Gasteiger partial charge on any atom is 0.123 e. The van der Waals surface area contributed by atoms with Gasteiger partial charge in [-0.3, -0.25) is 0 Å². The summed E-state index contributed by atoms with van der Waals surface area (Å²) in [5.74, 6) is 0. The topological polar surface area (TPSA) is 24.9 Å². The van der Waals surface area contributed by atoms with Crippen molar-refractivity contribution < 1.29 is 0 Å².